The number of pyridine rings is 1. The fourth-order valence-electron chi connectivity index (χ4n) is 2.40. The fourth-order valence-corrected chi connectivity index (χ4v) is 3.95. The van der Waals surface area contributed by atoms with Gasteiger partial charge < -0.3 is 4.74 Å². The quantitative estimate of drug-likeness (QED) is 0.607. The lowest BCUT2D eigenvalue weighted by Gasteiger charge is -2.10. The van der Waals surface area contributed by atoms with Crippen molar-refractivity contribution in [2.24, 2.45) is 0 Å². The number of halogens is 4. The molecule has 0 radical (unpaired) electrons. The van der Waals surface area contributed by atoms with Gasteiger partial charge in [-0.3, -0.25) is 9.72 Å². The van der Waals surface area contributed by atoms with Gasteiger partial charge >= 0.3 is 12.2 Å². The number of hydrogen-bond donors (Lipinski definition) is 2. The predicted octanol–water partition coefficient (Wildman–Crippen LogP) is 2.62. The van der Waals surface area contributed by atoms with Gasteiger partial charge in [0.15, 0.2) is 10.2 Å². The third-order valence-electron chi connectivity index (χ3n) is 3.61. The summed E-state index contributed by atoms with van der Waals surface area (Å²) in [7, 11) is -3.40. The lowest BCUT2D eigenvalue weighted by Crippen LogP contribution is -2.35. The van der Waals surface area contributed by atoms with Gasteiger partial charge in [-0.2, -0.15) is 26.6 Å². The van der Waals surface area contributed by atoms with Gasteiger partial charge in [0.05, 0.1) is 12.7 Å². The highest BCUT2D eigenvalue weighted by atomic mass is 35.5. The summed E-state index contributed by atoms with van der Waals surface area (Å²) in [6.45, 7) is 1.58. The van der Waals surface area contributed by atoms with E-state index in [4.69, 9.17) is 16.3 Å². The molecule has 0 saturated heterocycles. The number of imidazole rings is 1. The maximum atomic E-state index is 13.0. The minimum atomic E-state index is -4.74. The summed E-state index contributed by atoms with van der Waals surface area (Å²) < 4.78 is 71.3. The van der Waals surface area contributed by atoms with Crippen LogP contribution in [0.4, 0.5) is 23.9 Å². The largest absolute Gasteiger partial charge is 0.481 e. The number of sulfonamides is 1. The molecule has 0 unspecified atom stereocenters. The SMILES string of the molecule is COc1cc(C)nc(NC(=O)NS(=O)(=O)c2c(Cl)nc3ccc(C(F)(F)F)cn23)n1. The number of aryl methyl sites for hydroxylation is 1. The Morgan fingerprint density at radius 3 is 2.57 bits per heavy atom. The molecule has 0 aliphatic heterocycles. The van der Waals surface area contributed by atoms with E-state index >= 15 is 0 Å². The Morgan fingerprint density at radius 2 is 1.93 bits per heavy atom. The zero-order valence-electron chi connectivity index (χ0n) is 15.2. The van der Waals surface area contributed by atoms with Crippen LogP contribution in [0.3, 0.4) is 0 Å². The second-order valence-corrected chi connectivity index (χ2v) is 7.74. The number of nitrogens with zero attached hydrogens (tertiary/aromatic N) is 4. The second-order valence-electron chi connectivity index (χ2n) is 5.79. The molecule has 15 heteroatoms. The van der Waals surface area contributed by atoms with Crippen molar-refractivity contribution in [1.29, 1.82) is 0 Å². The molecule has 3 heterocycles. The molecule has 0 saturated carbocycles. The van der Waals surface area contributed by atoms with Crippen molar-refractivity contribution in [3.63, 3.8) is 0 Å². The highest BCUT2D eigenvalue weighted by molar-refractivity contribution is 7.90. The van der Waals surface area contributed by atoms with Gasteiger partial charge in [0.25, 0.3) is 10.0 Å². The number of anilines is 1. The van der Waals surface area contributed by atoms with E-state index in [1.165, 1.54) is 13.2 Å². The average molecular weight is 465 g/mol. The van der Waals surface area contributed by atoms with E-state index in [9.17, 15) is 26.4 Å². The zero-order chi connectivity index (χ0) is 22.3. The number of rotatable bonds is 4. The molecule has 0 bridgehead atoms. The van der Waals surface area contributed by atoms with Crippen LogP contribution in [0.15, 0.2) is 29.4 Å². The standard InChI is InChI=1S/C15H12ClF3N6O4S/c1-7-5-10(29-2)22-13(20-7)23-14(26)24-30(27,28)12-11(16)21-9-4-3-8(6-25(9)12)15(17,18)19/h3-6H,1-2H3,(H2,20,22,23,24,26). The number of methoxy groups -OCH3 is 1. The molecule has 0 atom stereocenters. The van der Waals surface area contributed by atoms with Crippen molar-refractivity contribution in [3.8, 4) is 5.88 Å². The number of ether oxygens (including phenoxy) is 1. The zero-order valence-corrected chi connectivity index (χ0v) is 16.7. The Bertz CT molecular complexity index is 1250. The van der Waals surface area contributed by atoms with Crippen LogP contribution in [0.1, 0.15) is 11.3 Å². The first-order valence-corrected chi connectivity index (χ1v) is 9.75. The van der Waals surface area contributed by atoms with E-state index in [0.717, 1.165) is 12.1 Å². The maximum absolute atomic E-state index is 13.0. The third-order valence-corrected chi connectivity index (χ3v) is 5.34. The number of alkyl halides is 3. The molecule has 0 fully saturated rings. The van der Waals surface area contributed by atoms with Gasteiger partial charge in [-0.25, -0.2) is 19.5 Å². The average Bonchev–Trinajstić information content (AvgIpc) is 2.95. The van der Waals surface area contributed by atoms with E-state index in [-0.39, 0.29) is 17.5 Å². The molecule has 3 rings (SSSR count). The number of hydrogen-bond acceptors (Lipinski definition) is 7. The first-order chi connectivity index (χ1) is 13.9. The molecule has 0 aliphatic carbocycles. The van der Waals surface area contributed by atoms with Crippen LogP contribution in [-0.4, -0.2) is 40.9 Å². The summed E-state index contributed by atoms with van der Waals surface area (Å²) in [5.74, 6) is -0.145. The maximum Gasteiger partial charge on any atom is 0.417 e. The lowest BCUT2D eigenvalue weighted by atomic mass is 10.3. The molecule has 3 aromatic heterocycles. The fraction of sp³-hybridized carbons (Fsp3) is 0.200. The summed E-state index contributed by atoms with van der Waals surface area (Å²) >= 11 is 5.82. The highest BCUT2D eigenvalue weighted by Gasteiger charge is 2.33. The number of urea groups is 1. The topological polar surface area (TPSA) is 128 Å². The monoisotopic (exact) mass is 464 g/mol. The number of nitrogens with one attached hydrogen (secondary N) is 2. The van der Waals surface area contributed by atoms with Crippen molar-refractivity contribution in [3.05, 3.63) is 40.8 Å². The Hall–Kier alpha value is -3.13. The van der Waals surface area contributed by atoms with E-state index in [0.29, 0.717) is 16.3 Å². The molecule has 10 nitrogen and oxygen atoms in total. The van der Waals surface area contributed by atoms with Gasteiger partial charge in [0, 0.05) is 18.0 Å². The Morgan fingerprint density at radius 1 is 1.23 bits per heavy atom. The Kier molecular flexibility index (Phi) is 5.47. The predicted molar refractivity (Wildman–Crippen MR) is 97.9 cm³/mol. The van der Waals surface area contributed by atoms with Crippen molar-refractivity contribution in [2.75, 3.05) is 12.4 Å². The Labute approximate surface area is 172 Å². The molecular weight excluding hydrogens is 453 g/mol. The summed E-state index contributed by atoms with van der Waals surface area (Å²) in [5, 5.41) is 0.628. The van der Waals surface area contributed by atoms with Gasteiger partial charge in [0.1, 0.15) is 5.65 Å². The number of amides is 2. The smallest absolute Gasteiger partial charge is 0.417 e. The van der Waals surface area contributed by atoms with Gasteiger partial charge in [-0.15, -0.1) is 0 Å². The number of aromatic nitrogens is 4. The summed E-state index contributed by atoms with van der Waals surface area (Å²) in [6.07, 6.45) is -4.23. The lowest BCUT2D eigenvalue weighted by molar-refractivity contribution is -0.137. The van der Waals surface area contributed by atoms with Crippen LogP contribution in [0.2, 0.25) is 5.15 Å². The van der Waals surface area contributed by atoms with Gasteiger partial charge in [0.2, 0.25) is 11.8 Å². The van der Waals surface area contributed by atoms with Crippen LogP contribution in [0.25, 0.3) is 5.65 Å². The molecule has 3 aromatic rings. The van der Waals surface area contributed by atoms with Crippen LogP contribution in [0.5, 0.6) is 5.88 Å². The minimum absolute atomic E-state index is 0.116. The van der Waals surface area contributed by atoms with Crippen molar-refractivity contribution in [1.82, 2.24) is 24.1 Å². The van der Waals surface area contributed by atoms with E-state index in [2.05, 4.69) is 20.3 Å². The Balaban J connectivity index is 1.93. The number of carbonyl (C=O) groups is 1. The van der Waals surface area contributed by atoms with Gasteiger partial charge in [-0.1, -0.05) is 11.6 Å². The summed E-state index contributed by atoms with van der Waals surface area (Å²) in [5.41, 5.74) is -0.879. The van der Waals surface area contributed by atoms with Crippen LogP contribution in [0, 0.1) is 6.92 Å². The normalized spacial score (nSPS) is 12.1. The molecular formula is C15H12ClF3N6O4S. The van der Waals surface area contributed by atoms with Crippen molar-refractivity contribution < 1.29 is 31.1 Å². The van der Waals surface area contributed by atoms with Crippen molar-refractivity contribution in [2.45, 2.75) is 18.1 Å². The van der Waals surface area contributed by atoms with Crippen LogP contribution >= 0.6 is 11.6 Å². The van der Waals surface area contributed by atoms with E-state index in [1.807, 2.05) is 0 Å². The minimum Gasteiger partial charge on any atom is -0.481 e. The molecule has 30 heavy (non-hydrogen) atoms. The molecule has 2 N–H and O–H groups in total. The first kappa shape index (κ1) is 21.6. The molecule has 0 aromatic carbocycles. The van der Waals surface area contributed by atoms with E-state index < -0.39 is 38.0 Å². The molecule has 0 aliphatic rings. The third kappa shape index (κ3) is 4.38. The molecule has 160 valence electrons. The molecule has 2 amide bonds. The number of carbonyl (C=O) groups excluding carboxylic acids is 1. The number of fused-ring (bicyclic) bond motifs is 1. The first-order valence-electron chi connectivity index (χ1n) is 7.89. The summed E-state index contributed by atoms with van der Waals surface area (Å²) in [4.78, 5) is 23.5. The molecule has 0 spiro atoms. The van der Waals surface area contributed by atoms with Crippen LogP contribution < -0.4 is 14.8 Å². The van der Waals surface area contributed by atoms with Gasteiger partial charge in [-0.05, 0) is 19.1 Å². The van der Waals surface area contributed by atoms with E-state index in [1.54, 1.807) is 11.6 Å². The highest BCUT2D eigenvalue weighted by Crippen LogP contribution is 2.31. The second kappa shape index (κ2) is 7.60. The van der Waals surface area contributed by atoms with Crippen LogP contribution in [-0.2, 0) is 16.2 Å². The van der Waals surface area contributed by atoms with Crippen molar-refractivity contribution >= 4 is 39.3 Å². The summed E-state index contributed by atoms with van der Waals surface area (Å²) in [6, 6.07) is 1.86.